The summed E-state index contributed by atoms with van der Waals surface area (Å²) in [6.45, 7) is 1.56. The molecule has 11 heteroatoms. The molecule has 0 fully saturated rings. The first-order valence-electron chi connectivity index (χ1n) is 5.62. The van der Waals surface area contributed by atoms with E-state index < -0.39 is 32.5 Å². The van der Waals surface area contributed by atoms with Crippen molar-refractivity contribution in [2.24, 2.45) is 5.84 Å². The van der Waals surface area contributed by atoms with E-state index in [0.29, 0.717) is 0 Å². The van der Waals surface area contributed by atoms with Crippen molar-refractivity contribution in [3.8, 4) is 0 Å². The largest absolute Gasteiger partial charge is 0.472 e. The van der Waals surface area contributed by atoms with Crippen molar-refractivity contribution >= 4 is 19.8 Å². The van der Waals surface area contributed by atoms with Gasteiger partial charge in [-0.3, -0.25) is 29.9 Å². The molecular formula is C9H19N2O8P. The lowest BCUT2D eigenvalue weighted by atomic mass is 10.4. The lowest BCUT2D eigenvalue weighted by Crippen LogP contribution is -2.29. The van der Waals surface area contributed by atoms with Crippen LogP contribution >= 0.6 is 7.82 Å². The van der Waals surface area contributed by atoms with Crippen LogP contribution in [0, 0.1) is 0 Å². The van der Waals surface area contributed by atoms with Gasteiger partial charge >= 0.3 is 19.8 Å². The summed E-state index contributed by atoms with van der Waals surface area (Å²) in [7, 11) is -4.29. The number of rotatable bonds is 10. The SMILES string of the molecule is CC(=O)OC[C@@H](COP(=O)(O)OCCNN)OC(C)=O. The normalized spacial score (nSPS) is 15.2. The molecule has 0 bridgehead atoms. The summed E-state index contributed by atoms with van der Waals surface area (Å²) in [5, 5.41) is 0. The molecule has 0 heterocycles. The molecule has 0 aliphatic heterocycles. The van der Waals surface area contributed by atoms with E-state index in [-0.39, 0.29) is 19.8 Å². The number of carbonyl (C=O) groups excluding carboxylic acids is 2. The number of hydrazine groups is 1. The van der Waals surface area contributed by atoms with Gasteiger partial charge < -0.3 is 14.4 Å². The highest BCUT2D eigenvalue weighted by molar-refractivity contribution is 7.47. The molecule has 0 aromatic rings. The molecule has 0 amide bonds. The van der Waals surface area contributed by atoms with E-state index >= 15 is 0 Å². The lowest BCUT2D eigenvalue weighted by molar-refractivity contribution is -0.158. The molecule has 0 spiro atoms. The van der Waals surface area contributed by atoms with Crippen molar-refractivity contribution < 1.29 is 37.6 Å². The van der Waals surface area contributed by atoms with Crippen molar-refractivity contribution in [2.75, 3.05) is 26.4 Å². The van der Waals surface area contributed by atoms with Crippen molar-refractivity contribution in [3.05, 3.63) is 0 Å². The Kier molecular flexibility index (Phi) is 9.30. The number of phosphoric acid groups is 1. The van der Waals surface area contributed by atoms with Gasteiger partial charge in [-0.15, -0.1) is 0 Å². The fourth-order valence-electron chi connectivity index (χ4n) is 0.996. The van der Waals surface area contributed by atoms with Gasteiger partial charge in [-0.2, -0.15) is 0 Å². The van der Waals surface area contributed by atoms with Gasteiger partial charge in [0.05, 0.1) is 13.2 Å². The third-order valence-corrected chi connectivity index (χ3v) is 2.71. The first-order chi connectivity index (χ1) is 9.26. The number of nitrogens with two attached hydrogens (primary N) is 1. The molecule has 4 N–H and O–H groups in total. The smallest absolute Gasteiger partial charge is 0.462 e. The van der Waals surface area contributed by atoms with Gasteiger partial charge in [0, 0.05) is 20.4 Å². The zero-order valence-electron chi connectivity index (χ0n) is 11.2. The quantitative estimate of drug-likeness (QED) is 0.152. The number of hydrogen-bond donors (Lipinski definition) is 3. The number of phosphoric ester groups is 1. The number of nitrogens with one attached hydrogen (secondary N) is 1. The zero-order chi connectivity index (χ0) is 15.6. The highest BCUT2D eigenvalue weighted by Crippen LogP contribution is 2.43. The highest BCUT2D eigenvalue weighted by Gasteiger charge is 2.25. The van der Waals surface area contributed by atoms with Crippen LogP contribution in [0.3, 0.4) is 0 Å². The second-order valence-corrected chi connectivity index (χ2v) is 5.04. The number of ether oxygens (including phenoxy) is 2. The van der Waals surface area contributed by atoms with E-state index in [1.165, 1.54) is 6.92 Å². The molecule has 20 heavy (non-hydrogen) atoms. The van der Waals surface area contributed by atoms with Gasteiger partial charge in [0.25, 0.3) is 0 Å². The Hall–Kier alpha value is -1.03. The monoisotopic (exact) mass is 314 g/mol. The van der Waals surface area contributed by atoms with Crippen LogP contribution in [0.1, 0.15) is 13.8 Å². The minimum Gasteiger partial charge on any atom is -0.462 e. The van der Waals surface area contributed by atoms with E-state index in [4.69, 9.17) is 10.6 Å². The summed E-state index contributed by atoms with van der Waals surface area (Å²) in [6, 6.07) is 0. The van der Waals surface area contributed by atoms with E-state index in [9.17, 15) is 19.0 Å². The maximum Gasteiger partial charge on any atom is 0.472 e. The molecule has 0 aromatic carbocycles. The van der Waals surface area contributed by atoms with Gasteiger partial charge in [0.1, 0.15) is 6.61 Å². The molecular weight excluding hydrogens is 295 g/mol. The van der Waals surface area contributed by atoms with Crippen molar-refractivity contribution in [2.45, 2.75) is 20.0 Å². The van der Waals surface area contributed by atoms with Crippen molar-refractivity contribution in [3.63, 3.8) is 0 Å². The first kappa shape index (κ1) is 19.0. The highest BCUT2D eigenvalue weighted by atomic mass is 31.2. The summed E-state index contributed by atoms with van der Waals surface area (Å²) in [5.41, 5.74) is 2.22. The van der Waals surface area contributed by atoms with Crippen LogP contribution in [0.2, 0.25) is 0 Å². The molecule has 0 rings (SSSR count). The fraction of sp³-hybridized carbons (Fsp3) is 0.778. The van der Waals surface area contributed by atoms with Crippen LogP contribution in [0.4, 0.5) is 0 Å². The molecule has 0 aromatic heterocycles. The topological polar surface area (TPSA) is 146 Å². The van der Waals surface area contributed by atoms with E-state index in [2.05, 4.69) is 19.2 Å². The Morgan fingerprint density at radius 3 is 2.40 bits per heavy atom. The molecule has 118 valence electrons. The van der Waals surface area contributed by atoms with E-state index in [1.54, 1.807) is 0 Å². The minimum absolute atomic E-state index is 0.146. The Labute approximate surface area is 116 Å². The molecule has 0 saturated heterocycles. The van der Waals surface area contributed by atoms with Gasteiger partial charge in [-0.25, -0.2) is 4.57 Å². The van der Waals surface area contributed by atoms with E-state index in [0.717, 1.165) is 6.92 Å². The van der Waals surface area contributed by atoms with Gasteiger partial charge in [0.15, 0.2) is 6.10 Å². The molecule has 2 atom stereocenters. The van der Waals surface area contributed by atoms with Crippen LogP contribution in [0.5, 0.6) is 0 Å². The van der Waals surface area contributed by atoms with Gasteiger partial charge in [0.2, 0.25) is 0 Å². The molecule has 0 radical (unpaired) electrons. The maximum absolute atomic E-state index is 11.4. The summed E-state index contributed by atoms with van der Waals surface area (Å²) in [5.74, 6) is 3.72. The molecule has 0 aliphatic rings. The predicted molar refractivity (Wildman–Crippen MR) is 66.1 cm³/mol. The number of hydrogen-bond acceptors (Lipinski definition) is 9. The van der Waals surface area contributed by atoms with Crippen molar-refractivity contribution in [1.29, 1.82) is 0 Å². The molecule has 10 nitrogen and oxygen atoms in total. The van der Waals surface area contributed by atoms with Crippen LogP contribution in [-0.4, -0.2) is 49.3 Å². The minimum atomic E-state index is -4.29. The fourth-order valence-corrected chi connectivity index (χ4v) is 1.75. The number of esters is 2. The zero-order valence-corrected chi connectivity index (χ0v) is 12.1. The Bertz CT molecular complexity index is 364. The van der Waals surface area contributed by atoms with Gasteiger partial charge in [-0.05, 0) is 0 Å². The van der Waals surface area contributed by atoms with Crippen LogP contribution in [-0.2, 0) is 32.7 Å². The summed E-state index contributed by atoms with van der Waals surface area (Å²) < 4.78 is 30.0. The Morgan fingerprint density at radius 2 is 1.90 bits per heavy atom. The van der Waals surface area contributed by atoms with Crippen LogP contribution < -0.4 is 11.3 Å². The third-order valence-electron chi connectivity index (χ3n) is 1.73. The standard InChI is InChI=1S/C9H19N2O8P/c1-7(12)16-5-9(19-8(2)13)6-18-20(14,15)17-4-3-11-10/h9,11H,3-6,10H2,1-2H3,(H,14,15)/t9-/m0/s1. The van der Waals surface area contributed by atoms with Crippen molar-refractivity contribution in [1.82, 2.24) is 5.43 Å². The first-order valence-corrected chi connectivity index (χ1v) is 7.12. The summed E-state index contributed by atoms with van der Waals surface area (Å²) in [4.78, 5) is 30.8. The molecule has 1 unspecified atom stereocenters. The molecule has 0 aliphatic carbocycles. The summed E-state index contributed by atoms with van der Waals surface area (Å²) in [6.07, 6.45) is -1.01. The molecule has 0 saturated carbocycles. The van der Waals surface area contributed by atoms with Crippen LogP contribution in [0.25, 0.3) is 0 Å². The average molecular weight is 314 g/mol. The van der Waals surface area contributed by atoms with Crippen LogP contribution in [0.15, 0.2) is 0 Å². The van der Waals surface area contributed by atoms with E-state index in [1.807, 2.05) is 0 Å². The number of carbonyl (C=O) groups is 2. The summed E-state index contributed by atoms with van der Waals surface area (Å²) >= 11 is 0. The third kappa shape index (κ3) is 10.9. The lowest BCUT2D eigenvalue weighted by Gasteiger charge is -2.18. The van der Waals surface area contributed by atoms with Gasteiger partial charge in [-0.1, -0.05) is 0 Å². The predicted octanol–water partition coefficient (Wildman–Crippen LogP) is -0.922. The average Bonchev–Trinajstić information content (AvgIpc) is 2.32. The Balaban J connectivity index is 4.24. The second kappa shape index (κ2) is 9.81. The Morgan fingerprint density at radius 1 is 1.25 bits per heavy atom. The second-order valence-electron chi connectivity index (χ2n) is 3.59. The maximum atomic E-state index is 11.4.